The van der Waals surface area contributed by atoms with Crippen LogP contribution in [0.25, 0.3) is 0 Å². The van der Waals surface area contributed by atoms with E-state index in [1.54, 1.807) is 24.3 Å². The maximum atomic E-state index is 13.4. The first-order valence-corrected chi connectivity index (χ1v) is 11.5. The molecule has 0 spiro atoms. The van der Waals surface area contributed by atoms with Crippen LogP contribution < -0.4 is 4.74 Å². The Balaban J connectivity index is 1.41. The molecule has 35 heavy (non-hydrogen) atoms. The van der Waals surface area contributed by atoms with E-state index in [1.807, 2.05) is 25.1 Å². The van der Waals surface area contributed by atoms with Crippen LogP contribution >= 0.6 is 0 Å². The summed E-state index contributed by atoms with van der Waals surface area (Å²) in [5.41, 5.74) is 2.93. The summed E-state index contributed by atoms with van der Waals surface area (Å²) >= 11 is 0. The smallest absolute Gasteiger partial charge is 0.323 e. The van der Waals surface area contributed by atoms with Gasteiger partial charge < -0.3 is 14.7 Å². The molecule has 3 aromatic rings. The standard InChI is InChI=1S/C28H27F2NO4/c1-28(16-20-5-8-23(29)9-6-20)17-22-13-21(7-10-25(22)35-28)15-26(32)31(18-27(33)34)12-11-19-3-2-4-24(30)14-19/h2-10,13-14H,11-12,15-18H2,1H3,(H,33,34)/t28-/m1/s1. The van der Waals surface area contributed by atoms with Crippen molar-refractivity contribution in [2.75, 3.05) is 13.1 Å². The zero-order chi connectivity index (χ0) is 25.0. The summed E-state index contributed by atoms with van der Waals surface area (Å²) in [6, 6.07) is 18.0. The summed E-state index contributed by atoms with van der Waals surface area (Å²) in [5.74, 6) is -1.31. The highest BCUT2D eigenvalue weighted by Crippen LogP contribution is 2.37. The van der Waals surface area contributed by atoms with E-state index in [2.05, 4.69) is 0 Å². The lowest BCUT2D eigenvalue weighted by Gasteiger charge is -2.24. The molecule has 0 bridgehead atoms. The van der Waals surface area contributed by atoms with Crippen LogP contribution in [0.3, 0.4) is 0 Å². The lowest BCUT2D eigenvalue weighted by atomic mass is 9.91. The van der Waals surface area contributed by atoms with Gasteiger partial charge in [-0.1, -0.05) is 36.4 Å². The molecule has 1 aliphatic rings. The highest BCUT2D eigenvalue weighted by molar-refractivity contribution is 5.83. The zero-order valence-corrected chi connectivity index (χ0v) is 19.5. The highest BCUT2D eigenvalue weighted by Gasteiger charge is 2.35. The van der Waals surface area contributed by atoms with E-state index < -0.39 is 18.1 Å². The Hall–Kier alpha value is -3.74. The van der Waals surface area contributed by atoms with Gasteiger partial charge in [0.1, 0.15) is 29.5 Å². The Morgan fingerprint density at radius 2 is 1.71 bits per heavy atom. The van der Waals surface area contributed by atoms with Crippen molar-refractivity contribution in [2.24, 2.45) is 0 Å². The summed E-state index contributed by atoms with van der Waals surface area (Å²) in [7, 11) is 0. The van der Waals surface area contributed by atoms with E-state index in [0.717, 1.165) is 22.4 Å². The van der Waals surface area contributed by atoms with Crippen LogP contribution in [-0.4, -0.2) is 40.6 Å². The second-order valence-corrected chi connectivity index (χ2v) is 9.24. The van der Waals surface area contributed by atoms with E-state index in [4.69, 9.17) is 4.74 Å². The summed E-state index contributed by atoms with van der Waals surface area (Å²) in [5, 5.41) is 9.27. The van der Waals surface area contributed by atoms with Crippen LogP contribution in [0.1, 0.15) is 29.2 Å². The molecular weight excluding hydrogens is 452 g/mol. The van der Waals surface area contributed by atoms with E-state index in [0.29, 0.717) is 24.8 Å². The van der Waals surface area contributed by atoms with Crippen molar-refractivity contribution in [2.45, 2.75) is 38.2 Å². The average molecular weight is 480 g/mol. The van der Waals surface area contributed by atoms with E-state index >= 15 is 0 Å². The molecule has 0 aliphatic carbocycles. The number of rotatable bonds is 9. The van der Waals surface area contributed by atoms with Gasteiger partial charge >= 0.3 is 5.97 Å². The van der Waals surface area contributed by atoms with Crippen molar-refractivity contribution in [3.8, 4) is 5.75 Å². The van der Waals surface area contributed by atoms with Crippen LogP contribution in [0.2, 0.25) is 0 Å². The molecule has 0 fully saturated rings. The minimum absolute atomic E-state index is 0.0540. The predicted molar refractivity (Wildman–Crippen MR) is 127 cm³/mol. The van der Waals surface area contributed by atoms with Crippen LogP contribution in [0.5, 0.6) is 5.75 Å². The number of benzene rings is 3. The molecule has 5 nitrogen and oxygen atoms in total. The Bertz CT molecular complexity index is 1230. The number of carboxylic acid groups (broad SMARTS) is 1. The van der Waals surface area contributed by atoms with Crippen molar-refractivity contribution >= 4 is 11.9 Å². The second-order valence-electron chi connectivity index (χ2n) is 9.24. The number of halogens is 2. The number of aliphatic carboxylic acids is 1. The first-order valence-electron chi connectivity index (χ1n) is 11.5. The van der Waals surface area contributed by atoms with Gasteiger partial charge in [-0.3, -0.25) is 9.59 Å². The topological polar surface area (TPSA) is 66.8 Å². The summed E-state index contributed by atoms with van der Waals surface area (Å²) in [4.78, 5) is 25.6. The van der Waals surface area contributed by atoms with Crippen molar-refractivity contribution in [3.05, 3.63) is 101 Å². The molecule has 0 saturated heterocycles. The maximum absolute atomic E-state index is 13.4. The second kappa shape index (κ2) is 10.3. The quantitative estimate of drug-likeness (QED) is 0.487. The molecule has 0 unspecified atom stereocenters. The number of fused-ring (bicyclic) bond motifs is 1. The predicted octanol–water partition coefficient (Wildman–Crippen LogP) is 4.60. The number of amides is 1. The molecule has 182 valence electrons. The SMILES string of the molecule is C[C@@]1(Cc2ccc(F)cc2)Cc2cc(CC(=O)N(CCc3cccc(F)c3)CC(=O)O)ccc2O1. The fourth-order valence-electron chi connectivity index (χ4n) is 4.52. The van der Waals surface area contributed by atoms with Crippen molar-refractivity contribution in [1.82, 2.24) is 4.90 Å². The van der Waals surface area contributed by atoms with Crippen molar-refractivity contribution in [3.63, 3.8) is 0 Å². The Morgan fingerprint density at radius 1 is 0.971 bits per heavy atom. The number of nitrogens with zero attached hydrogens (tertiary/aromatic N) is 1. The van der Waals surface area contributed by atoms with Gasteiger partial charge in [0, 0.05) is 19.4 Å². The molecular formula is C28H27F2NO4. The van der Waals surface area contributed by atoms with E-state index in [9.17, 15) is 23.5 Å². The van der Waals surface area contributed by atoms with Gasteiger partial charge in [-0.2, -0.15) is 0 Å². The molecule has 1 heterocycles. The van der Waals surface area contributed by atoms with Gasteiger partial charge in [0.15, 0.2) is 0 Å². The van der Waals surface area contributed by atoms with Gasteiger partial charge in [-0.05, 0) is 65.9 Å². The Labute approximate surface area is 203 Å². The van der Waals surface area contributed by atoms with Crippen LogP contribution in [0.15, 0.2) is 66.7 Å². The lowest BCUT2D eigenvalue weighted by molar-refractivity contribution is -0.144. The summed E-state index contributed by atoms with van der Waals surface area (Å²) in [6.07, 6.45) is 1.66. The number of hydrogen-bond acceptors (Lipinski definition) is 3. The molecule has 4 rings (SSSR count). The first-order chi connectivity index (χ1) is 16.7. The van der Waals surface area contributed by atoms with Crippen molar-refractivity contribution in [1.29, 1.82) is 0 Å². The molecule has 7 heteroatoms. The molecule has 3 aromatic carbocycles. The zero-order valence-electron chi connectivity index (χ0n) is 19.5. The fraction of sp³-hybridized carbons (Fsp3) is 0.286. The average Bonchev–Trinajstić information content (AvgIpc) is 3.13. The third-order valence-electron chi connectivity index (χ3n) is 6.13. The van der Waals surface area contributed by atoms with Gasteiger partial charge in [0.05, 0.1) is 6.42 Å². The van der Waals surface area contributed by atoms with Gasteiger partial charge in [0.25, 0.3) is 0 Å². The number of hydrogen-bond donors (Lipinski definition) is 1. The van der Waals surface area contributed by atoms with Crippen LogP contribution in [0.4, 0.5) is 8.78 Å². The number of carbonyl (C=O) groups is 2. The Morgan fingerprint density at radius 3 is 2.43 bits per heavy atom. The highest BCUT2D eigenvalue weighted by atomic mass is 19.1. The van der Waals surface area contributed by atoms with Crippen LogP contribution in [-0.2, 0) is 35.3 Å². The molecule has 0 saturated carbocycles. The third kappa shape index (κ3) is 6.44. The van der Waals surface area contributed by atoms with Crippen LogP contribution in [0, 0.1) is 11.6 Å². The molecule has 1 amide bonds. The summed E-state index contributed by atoms with van der Waals surface area (Å²) < 4.78 is 32.9. The summed E-state index contributed by atoms with van der Waals surface area (Å²) in [6.45, 7) is 1.76. The van der Waals surface area contributed by atoms with E-state index in [1.165, 1.54) is 29.2 Å². The largest absolute Gasteiger partial charge is 0.487 e. The fourth-order valence-corrected chi connectivity index (χ4v) is 4.52. The monoisotopic (exact) mass is 479 g/mol. The molecule has 1 aliphatic heterocycles. The Kier molecular flexibility index (Phi) is 7.15. The normalized spacial score (nSPS) is 16.4. The lowest BCUT2D eigenvalue weighted by Crippen LogP contribution is -2.38. The minimum Gasteiger partial charge on any atom is -0.487 e. The number of carboxylic acids is 1. The molecule has 1 N–H and O–H groups in total. The maximum Gasteiger partial charge on any atom is 0.323 e. The van der Waals surface area contributed by atoms with Gasteiger partial charge in [-0.25, -0.2) is 8.78 Å². The van der Waals surface area contributed by atoms with Gasteiger partial charge in [-0.15, -0.1) is 0 Å². The molecule has 0 radical (unpaired) electrons. The molecule has 1 atom stereocenters. The number of carbonyl (C=O) groups excluding carboxylic acids is 1. The molecule has 0 aromatic heterocycles. The minimum atomic E-state index is -1.10. The van der Waals surface area contributed by atoms with Gasteiger partial charge in [0.2, 0.25) is 5.91 Å². The third-order valence-corrected chi connectivity index (χ3v) is 6.13. The van der Waals surface area contributed by atoms with E-state index in [-0.39, 0.29) is 30.5 Å². The first kappa shape index (κ1) is 24.4. The van der Waals surface area contributed by atoms with Crippen molar-refractivity contribution < 1.29 is 28.2 Å². The number of ether oxygens (including phenoxy) is 1.